The van der Waals surface area contributed by atoms with Crippen LogP contribution in [0.1, 0.15) is 31.2 Å². The molecule has 0 N–H and O–H groups in total. The Kier molecular flexibility index (Phi) is 7.37. The molecule has 0 saturated carbocycles. The zero-order chi connectivity index (χ0) is 26.1. The van der Waals surface area contributed by atoms with Crippen molar-refractivity contribution in [2.24, 2.45) is 4.99 Å². The third-order valence-electron chi connectivity index (χ3n) is 5.96. The lowest BCUT2D eigenvalue weighted by Crippen LogP contribution is -2.39. The minimum absolute atomic E-state index is 0.233. The van der Waals surface area contributed by atoms with Gasteiger partial charge in [-0.1, -0.05) is 51.5 Å². The second kappa shape index (κ2) is 10.7. The number of carbonyl (C=O) groups excluding carboxylic acids is 1. The lowest BCUT2D eigenvalue weighted by molar-refractivity contribution is -0.139. The molecule has 0 bridgehead atoms. The molecule has 0 amide bonds. The Morgan fingerprint density at radius 3 is 2.70 bits per heavy atom. The van der Waals surface area contributed by atoms with Crippen molar-refractivity contribution in [3.63, 3.8) is 0 Å². The summed E-state index contributed by atoms with van der Waals surface area (Å²) in [5.41, 5.74) is 2.42. The maximum atomic E-state index is 13.7. The Bertz CT molecular complexity index is 1700. The molecule has 5 rings (SSSR count). The van der Waals surface area contributed by atoms with Gasteiger partial charge in [-0.05, 0) is 62.1 Å². The van der Waals surface area contributed by atoms with Gasteiger partial charge in [-0.25, -0.2) is 9.79 Å². The predicted molar refractivity (Wildman–Crippen MR) is 150 cm³/mol. The Balaban J connectivity index is 1.63. The first kappa shape index (κ1) is 25.5. The molecule has 0 radical (unpaired) electrons. The van der Waals surface area contributed by atoms with Gasteiger partial charge in [0.1, 0.15) is 11.5 Å². The van der Waals surface area contributed by atoms with Gasteiger partial charge >= 0.3 is 5.97 Å². The van der Waals surface area contributed by atoms with E-state index < -0.39 is 12.0 Å². The van der Waals surface area contributed by atoms with E-state index in [0.29, 0.717) is 32.1 Å². The van der Waals surface area contributed by atoms with E-state index in [9.17, 15) is 9.59 Å². The van der Waals surface area contributed by atoms with E-state index in [4.69, 9.17) is 9.15 Å². The molecule has 1 atom stereocenters. The van der Waals surface area contributed by atoms with Crippen LogP contribution in [0.25, 0.3) is 17.4 Å². The van der Waals surface area contributed by atoms with Crippen molar-refractivity contribution in [3.05, 3.63) is 107 Å². The number of benzene rings is 2. The topological polar surface area (TPSA) is 73.8 Å². The minimum atomic E-state index is -0.637. The number of furan rings is 1. The standard InChI is InChI=1S/C28H23BrN2O4S2/c1-4-34-27(33)24-16(2)30-28-31(25(24)17-8-11-21(36-3)12-9-17)26(32)23(37-28)15-20-10-13-22(35-20)18-6-5-7-19(29)14-18/h5-15,25H,4H2,1-3H3. The Hall–Kier alpha value is -3.14. The van der Waals surface area contributed by atoms with E-state index in [0.717, 1.165) is 20.5 Å². The summed E-state index contributed by atoms with van der Waals surface area (Å²) in [6.07, 6.45) is 3.73. The van der Waals surface area contributed by atoms with Crippen LogP contribution in [0, 0.1) is 0 Å². The molecule has 1 unspecified atom stereocenters. The number of halogens is 1. The molecule has 0 aliphatic carbocycles. The molecule has 2 aromatic carbocycles. The molecule has 188 valence electrons. The largest absolute Gasteiger partial charge is 0.463 e. The van der Waals surface area contributed by atoms with Crippen molar-refractivity contribution in [2.45, 2.75) is 24.8 Å². The number of rotatable bonds is 6. The summed E-state index contributed by atoms with van der Waals surface area (Å²) in [5.74, 6) is 0.789. The van der Waals surface area contributed by atoms with E-state index in [2.05, 4.69) is 20.9 Å². The first-order chi connectivity index (χ1) is 17.9. The van der Waals surface area contributed by atoms with Crippen LogP contribution in [0.3, 0.4) is 0 Å². The molecule has 2 aromatic heterocycles. The number of thioether (sulfide) groups is 1. The summed E-state index contributed by atoms with van der Waals surface area (Å²) >= 11 is 6.38. The molecule has 1 aliphatic rings. The van der Waals surface area contributed by atoms with E-state index in [-0.39, 0.29) is 12.2 Å². The van der Waals surface area contributed by atoms with Gasteiger partial charge < -0.3 is 9.15 Å². The summed E-state index contributed by atoms with van der Waals surface area (Å²) in [4.78, 5) is 33.0. The normalized spacial score (nSPS) is 15.5. The smallest absolute Gasteiger partial charge is 0.338 e. The molecule has 0 spiro atoms. The van der Waals surface area contributed by atoms with Gasteiger partial charge in [-0.2, -0.15) is 0 Å². The molecule has 4 aromatic rings. The number of fused-ring (bicyclic) bond motifs is 1. The fourth-order valence-corrected chi connectivity index (χ4v) is 6.08. The maximum absolute atomic E-state index is 13.7. The lowest BCUT2D eigenvalue weighted by atomic mass is 9.96. The highest BCUT2D eigenvalue weighted by molar-refractivity contribution is 9.10. The molecule has 6 nitrogen and oxygen atoms in total. The van der Waals surface area contributed by atoms with Crippen LogP contribution in [0.5, 0.6) is 0 Å². The third-order valence-corrected chi connectivity index (χ3v) is 8.18. The number of nitrogens with zero attached hydrogens (tertiary/aromatic N) is 2. The fraction of sp³-hybridized carbons (Fsp3) is 0.179. The van der Waals surface area contributed by atoms with Crippen LogP contribution in [0.2, 0.25) is 0 Å². The van der Waals surface area contributed by atoms with Crippen LogP contribution in [0.4, 0.5) is 0 Å². The highest BCUT2D eigenvalue weighted by Crippen LogP contribution is 2.32. The number of ether oxygens (including phenoxy) is 1. The number of carbonyl (C=O) groups is 1. The highest BCUT2D eigenvalue weighted by atomic mass is 79.9. The van der Waals surface area contributed by atoms with Gasteiger partial charge in [0.25, 0.3) is 5.56 Å². The zero-order valence-corrected chi connectivity index (χ0v) is 23.6. The molecule has 9 heteroatoms. The first-order valence-corrected chi connectivity index (χ1v) is 14.4. The van der Waals surface area contributed by atoms with Crippen LogP contribution in [0.15, 0.2) is 95.5 Å². The Morgan fingerprint density at radius 2 is 2.00 bits per heavy atom. The van der Waals surface area contributed by atoms with Gasteiger partial charge in [0.05, 0.1) is 28.5 Å². The van der Waals surface area contributed by atoms with Crippen molar-refractivity contribution in [2.75, 3.05) is 12.9 Å². The minimum Gasteiger partial charge on any atom is -0.463 e. The molecule has 3 heterocycles. The SMILES string of the molecule is CCOC(=O)C1=C(C)N=c2sc(=Cc3ccc(-c4cccc(Br)c4)o3)c(=O)n2C1c1ccc(SC)cc1. The Labute approximate surface area is 230 Å². The molecule has 0 fully saturated rings. The highest BCUT2D eigenvalue weighted by Gasteiger charge is 2.33. The first-order valence-electron chi connectivity index (χ1n) is 11.6. The zero-order valence-electron chi connectivity index (χ0n) is 20.4. The fourth-order valence-electron chi connectivity index (χ4n) is 4.25. The predicted octanol–water partition coefficient (Wildman–Crippen LogP) is 5.54. The lowest BCUT2D eigenvalue weighted by Gasteiger charge is -2.24. The molecular weight excluding hydrogens is 572 g/mol. The van der Waals surface area contributed by atoms with E-state index >= 15 is 0 Å². The van der Waals surface area contributed by atoms with Crippen LogP contribution in [-0.2, 0) is 9.53 Å². The Morgan fingerprint density at radius 1 is 1.22 bits per heavy atom. The van der Waals surface area contributed by atoms with E-state index in [1.165, 1.54) is 11.3 Å². The summed E-state index contributed by atoms with van der Waals surface area (Å²) in [6, 6.07) is 18.8. The number of allylic oxidation sites excluding steroid dienone is 1. The number of esters is 1. The van der Waals surface area contributed by atoms with Crippen molar-refractivity contribution in [1.82, 2.24) is 4.57 Å². The number of aromatic nitrogens is 1. The summed E-state index contributed by atoms with van der Waals surface area (Å²) in [5, 5.41) is 0. The second-order valence-corrected chi connectivity index (χ2v) is 11.1. The molecular formula is C28H23BrN2O4S2. The van der Waals surface area contributed by atoms with E-state index in [1.807, 2.05) is 66.9 Å². The van der Waals surface area contributed by atoms with E-state index in [1.54, 1.807) is 36.3 Å². The number of thiazole rings is 1. The quantitative estimate of drug-likeness (QED) is 0.216. The van der Waals surface area contributed by atoms with Gasteiger partial charge in [0.15, 0.2) is 4.80 Å². The van der Waals surface area contributed by atoms with Gasteiger partial charge in [-0.3, -0.25) is 9.36 Å². The van der Waals surface area contributed by atoms with Gasteiger partial charge in [0.2, 0.25) is 0 Å². The van der Waals surface area contributed by atoms with Gasteiger partial charge in [-0.15, -0.1) is 11.8 Å². The van der Waals surface area contributed by atoms with Gasteiger partial charge in [0, 0.05) is 21.0 Å². The van der Waals surface area contributed by atoms with Crippen LogP contribution < -0.4 is 14.9 Å². The monoisotopic (exact) mass is 594 g/mol. The molecule has 1 aliphatic heterocycles. The number of hydrogen-bond acceptors (Lipinski definition) is 7. The van der Waals surface area contributed by atoms with Crippen molar-refractivity contribution in [3.8, 4) is 11.3 Å². The van der Waals surface area contributed by atoms with Crippen LogP contribution >= 0.6 is 39.0 Å². The third kappa shape index (κ3) is 5.03. The molecule has 37 heavy (non-hydrogen) atoms. The average molecular weight is 596 g/mol. The van der Waals surface area contributed by atoms with Crippen molar-refractivity contribution >= 4 is 51.1 Å². The molecule has 0 saturated heterocycles. The van der Waals surface area contributed by atoms with Crippen LogP contribution in [-0.4, -0.2) is 23.4 Å². The summed E-state index contributed by atoms with van der Waals surface area (Å²) < 4.78 is 14.4. The second-order valence-electron chi connectivity index (χ2n) is 8.29. The van der Waals surface area contributed by atoms with Crippen molar-refractivity contribution < 1.29 is 13.9 Å². The maximum Gasteiger partial charge on any atom is 0.338 e. The van der Waals surface area contributed by atoms with Crippen molar-refractivity contribution in [1.29, 1.82) is 0 Å². The average Bonchev–Trinajstić information content (AvgIpc) is 3.48. The number of hydrogen-bond donors (Lipinski definition) is 0. The summed E-state index contributed by atoms with van der Waals surface area (Å²) in [6.45, 7) is 3.78. The summed E-state index contributed by atoms with van der Waals surface area (Å²) in [7, 11) is 0.